The van der Waals surface area contributed by atoms with Gasteiger partial charge in [0.1, 0.15) is 5.75 Å². The number of carbonyl (C=O) groups excluding carboxylic acids is 2. The number of ether oxygens (including phenoxy) is 3. The molecule has 0 atom stereocenters. The van der Waals surface area contributed by atoms with Crippen molar-refractivity contribution in [3.05, 3.63) is 51.9 Å². The molecule has 1 aliphatic heterocycles. The van der Waals surface area contributed by atoms with E-state index in [2.05, 4.69) is 0 Å². The molecule has 0 aliphatic carbocycles. The molecule has 1 heterocycles. The molecule has 0 bridgehead atoms. The molecule has 0 N–H and O–H groups in total. The number of carbonyl (C=O) groups is 2. The number of thioether (sulfide) groups is 1. The second kappa shape index (κ2) is 7.94. The van der Waals surface area contributed by atoms with Crippen LogP contribution in [0.1, 0.15) is 5.56 Å². The maximum atomic E-state index is 12.8. The van der Waals surface area contributed by atoms with Crippen molar-refractivity contribution in [1.29, 1.82) is 0 Å². The number of amides is 2. The average molecular weight is 406 g/mol. The molecule has 3 rings (SSSR count). The Balaban J connectivity index is 2.01. The highest BCUT2D eigenvalue weighted by atomic mass is 35.5. The summed E-state index contributed by atoms with van der Waals surface area (Å²) in [6, 6.07) is 9.92. The molecule has 27 heavy (non-hydrogen) atoms. The maximum absolute atomic E-state index is 12.8. The molecular weight excluding hydrogens is 390 g/mol. The van der Waals surface area contributed by atoms with E-state index >= 15 is 0 Å². The zero-order valence-electron chi connectivity index (χ0n) is 14.8. The third-order valence-electron chi connectivity index (χ3n) is 3.88. The maximum Gasteiger partial charge on any atom is 0.298 e. The number of hydrogen-bond donors (Lipinski definition) is 0. The lowest BCUT2D eigenvalue weighted by Crippen LogP contribution is -2.27. The summed E-state index contributed by atoms with van der Waals surface area (Å²) in [6.07, 6.45) is 1.59. The van der Waals surface area contributed by atoms with Crippen molar-refractivity contribution >= 4 is 46.3 Å². The summed E-state index contributed by atoms with van der Waals surface area (Å²) in [5.41, 5.74) is 1.01. The third-order valence-corrected chi connectivity index (χ3v) is 4.99. The summed E-state index contributed by atoms with van der Waals surface area (Å²) >= 11 is 6.82. The third kappa shape index (κ3) is 3.74. The Hall–Kier alpha value is -2.64. The van der Waals surface area contributed by atoms with Crippen molar-refractivity contribution < 1.29 is 23.8 Å². The standard InChI is InChI=1S/C19H16ClNO5S/c1-24-14-10-16(26-3)15(25-2)7-11(14)8-17-18(22)21(19(23)27-17)13-6-4-5-12(20)9-13/h4-10H,1-3H3/b17-8+. The van der Waals surface area contributed by atoms with Gasteiger partial charge >= 0.3 is 0 Å². The monoisotopic (exact) mass is 405 g/mol. The highest BCUT2D eigenvalue weighted by Crippen LogP contribution is 2.40. The Morgan fingerprint density at radius 2 is 1.63 bits per heavy atom. The molecule has 0 spiro atoms. The van der Waals surface area contributed by atoms with Gasteiger partial charge in [0, 0.05) is 16.7 Å². The van der Waals surface area contributed by atoms with Crippen LogP contribution in [0.25, 0.3) is 6.08 Å². The van der Waals surface area contributed by atoms with Gasteiger partial charge in [0.05, 0.1) is 31.9 Å². The SMILES string of the molecule is COc1cc(OC)c(OC)cc1/C=C1/SC(=O)N(c2cccc(Cl)c2)C1=O. The van der Waals surface area contributed by atoms with Gasteiger partial charge in [0.2, 0.25) is 0 Å². The van der Waals surface area contributed by atoms with E-state index in [1.807, 2.05) is 0 Å². The highest BCUT2D eigenvalue weighted by molar-refractivity contribution is 8.19. The number of rotatable bonds is 5. The molecule has 2 aromatic carbocycles. The molecule has 0 unspecified atom stereocenters. The zero-order valence-corrected chi connectivity index (χ0v) is 16.4. The fourth-order valence-corrected chi connectivity index (χ4v) is 3.63. The van der Waals surface area contributed by atoms with Crippen molar-refractivity contribution in [1.82, 2.24) is 0 Å². The quantitative estimate of drug-likeness (QED) is 0.677. The van der Waals surface area contributed by atoms with Crippen LogP contribution in [-0.4, -0.2) is 32.5 Å². The highest BCUT2D eigenvalue weighted by Gasteiger charge is 2.36. The van der Waals surface area contributed by atoms with E-state index in [0.717, 1.165) is 16.7 Å². The summed E-state index contributed by atoms with van der Waals surface area (Å²) in [5, 5.41) is 0.0463. The van der Waals surface area contributed by atoms with E-state index in [0.29, 0.717) is 33.5 Å². The Labute approximate surface area is 165 Å². The fraction of sp³-hybridized carbons (Fsp3) is 0.158. The Morgan fingerprint density at radius 3 is 2.26 bits per heavy atom. The largest absolute Gasteiger partial charge is 0.496 e. The lowest BCUT2D eigenvalue weighted by molar-refractivity contribution is -0.113. The first-order valence-corrected chi connectivity index (χ1v) is 9.01. The Kier molecular flexibility index (Phi) is 5.62. The number of benzene rings is 2. The smallest absolute Gasteiger partial charge is 0.298 e. The molecule has 140 valence electrons. The van der Waals surface area contributed by atoms with Crippen LogP contribution < -0.4 is 19.1 Å². The van der Waals surface area contributed by atoms with E-state index in [-0.39, 0.29) is 4.91 Å². The second-order valence-corrected chi connectivity index (χ2v) is 6.88. The number of imide groups is 1. The van der Waals surface area contributed by atoms with Crippen LogP contribution in [-0.2, 0) is 4.79 Å². The zero-order chi connectivity index (χ0) is 19.6. The normalized spacial score (nSPS) is 15.4. The van der Waals surface area contributed by atoms with Crippen molar-refractivity contribution in [3.63, 3.8) is 0 Å². The van der Waals surface area contributed by atoms with Gasteiger partial charge in [0.25, 0.3) is 11.1 Å². The minimum absolute atomic E-state index is 0.269. The van der Waals surface area contributed by atoms with E-state index in [1.165, 1.54) is 21.3 Å². The van der Waals surface area contributed by atoms with E-state index in [1.54, 1.807) is 42.5 Å². The van der Waals surface area contributed by atoms with Crippen molar-refractivity contribution in [2.75, 3.05) is 26.2 Å². The lowest BCUT2D eigenvalue weighted by Gasteiger charge is -2.13. The summed E-state index contributed by atoms with van der Waals surface area (Å²) in [5.74, 6) is 1.04. The molecule has 0 radical (unpaired) electrons. The topological polar surface area (TPSA) is 65.1 Å². The molecule has 1 fully saturated rings. The van der Waals surface area contributed by atoms with Gasteiger partial charge in [-0.15, -0.1) is 0 Å². The van der Waals surface area contributed by atoms with Gasteiger partial charge < -0.3 is 14.2 Å². The lowest BCUT2D eigenvalue weighted by atomic mass is 10.1. The van der Waals surface area contributed by atoms with Crippen LogP contribution in [0.5, 0.6) is 17.2 Å². The van der Waals surface area contributed by atoms with Crippen LogP contribution in [0.2, 0.25) is 5.02 Å². The van der Waals surface area contributed by atoms with Crippen molar-refractivity contribution in [2.24, 2.45) is 0 Å². The van der Waals surface area contributed by atoms with Crippen LogP contribution in [0.3, 0.4) is 0 Å². The number of anilines is 1. The van der Waals surface area contributed by atoms with E-state index < -0.39 is 11.1 Å². The van der Waals surface area contributed by atoms with Gasteiger partial charge in [-0.1, -0.05) is 17.7 Å². The molecule has 2 aromatic rings. The van der Waals surface area contributed by atoms with E-state index in [9.17, 15) is 9.59 Å². The van der Waals surface area contributed by atoms with Gasteiger partial charge in [0.15, 0.2) is 11.5 Å². The van der Waals surface area contributed by atoms with Crippen LogP contribution in [0.4, 0.5) is 10.5 Å². The average Bonchev–Trinajstić information content (AvgIpc) is 2.94. The number of hydrogen-bond acceptors (Lipinski definition) is 6. The molecule has 2 amide bonds. The first-order chi connectivity index (χ1) is 13.0. The Morgan fingerprint density at radius 1 is 0.963 bits per heavy atom. The number of halogens is 1. The molecular formula is C19H16ClNO5S. The van der Waals surface area contributed by atoms with Gasteiger partial charge in [-0.3, -0.25) is 9.59 Å². The van der Waals surface area contributed by atoms with E-state index in [4.69, 9.17) is 25.8 Å². The molecule has 6 nitrogen and oxygen atoms in total. The van der Waals surface area contributed by atoms with Gasteiger partial charge in [-0.05, 0) is 42.1 Å². The summed E-state index contributed by atoms with van der Waals surface area (Å²) in [4.78, 5) is 26.5. The van der Waals surface area contributed by atoms with Crippen molar-refractivity contribution in [3.8, 4) is 17.2 Å². The first-order valence-electron chi connectivity index (χ1n) is 7.82. The summed E-state index contributed by atoms with van der Waals surface area (Å²) < 4.78 is 15.9. The molecule has 8 heteroatoms. The molecule has 1 saturated heterocycles. The number of methoxy groups -OCH3 is 3. The Bertz CT molecular complexity index is 944. The first kappa shape index (κ1) is 19.1. The summed E-state index contributed by atoms with van der Waals surface area (Å²) in [6.45, 7) is 0. The predicted molar refractivity (Wildman–Crippen MR) is 106 cm³/mol. The second-order valence-electron chi connectivity index (χ2n) is 5.45. The molecule has 0 saturated carbocycles. The molecule has 1 aliphatic rings. The molecule has 0 aromatic heterocycles. The van der Waals surface area contributed by atoms with Crippen LogP contribution in [0.15, 0.2) is 41.3 Å². The fourth-order valence-electron chi connectivity index (χ4n) is 2.61. The van der Waals surface area contributed by atoms with Crippen molar-refractivity contribution in [2.45, 2.75) is 0 Å². The number of nitrogens with zero attached hydrogens (tertiary/aromatic N) is 1. The minimum Gasteiger partial charge on any atom is -0.496 e. The summed E-state index contributed by atoms with van der Waals surface area (Å²) in [7, 11) is 4.55. The predicted octanol–water partition coefficient (Wildman–Crippen LogP) is 4.61. The van der Waals surface area contributed by atoms with Gasteiger partial charge in [-0.25, -0.2) is 4.90 Å². The van der Waals surface area contributed by atoms with Crippen LogP contribution in [0, 0.1) is 0 Å². The van der Waals surface area contributed by atoms with Crippen LogP contribution >= 0.6 is 23.4 Å². The van der Waals surface area contributed by atoms with Gasteiger partial charge in [-0.2, -0.15) is 0 Å². The minimum atomic E-state index is -0.427.